The van der Waals surface area contributed by atoms with Crippen LogP contribution in [0.4, 0.5) is 4.79 Å². The number of aliphatic hydroxyl groups excluding tert-OH is 2. The minimum atomic E-state index is -0.981. The predicted molar refractivity (Wildman–Crippen MR) is 393 cm³/mol. The van der Waals surface area contributed by atoms with Gasteiger partial charge in [-0.05, 0) is 146 Å². The van der Waals surface area contributed by atoms with Crippen molar-refractivity contribution < 1.29 is 112 Å². The van der Waals surface area contributed by atoms with Gasteiger partial charge in [0.15, 0.2) is 34.7 Å². The summed E-state index contributed by atoms with van der Waals surface area (Å²) in [6.45, 7) is 16.0. The molecule has 6 saturated heterocycles. The Morgan fingerprint density at radius 2 is 0.876 bits per heavy atom. The minimum Gasteiger partial charge on any atom is -0.453 e. The number of hydrogen-bond donors (Lipinski definition) is 8. The fourth-order valence-corrected chi connectivity index (χ4v) is 17.9. The molecule has 8 atom stereocenters. The van der Waals surface area contributed by atoms with Crippen molar-refractivity contribution in [1.82, 2.24) is 10.2 Å². The summed E-state index contributed by atoms with van der Waals surface area (Å²) in [7, 11) is 1.38. The van der Waals surface area contributed by atoms with Crippen LogP contribution in [0.5, 0.6) is 0 Å². The highest BCUT2D eigenvalue weighted by Gasteiger charge is 2.53. The number of aliphatic hydroxyl groups is 7. The maximum Gasteiger partial charge on any atom is 0.409 e. The van der Waals surface area contributed by atoms with E-state index >= 15 is 0 Å². The summed E-state index contributed by atoms with van der Waals surface area (Å²) in [4.78, 5) is 35.6. The van der Waals surface area contributed by atoms with E-state index in [1.165, 1.54) is 12.7 Å². The van der Waals surface area contributed by atoms with Gasteiger partial charge in [0.2, 0.25) is 0 Å². The Labute approximate surface area is 636 Å². The van der Waals surface area contributed by atoms with E-state index in [-0.39, 0.29) is 37.3 Å². The van der Waals surface area contributed by atoms with E-state index in [0.717, 1.165) is 124 Å². The van der Waals surface area contributed by atoms with Crippen LogP contribution in [0.2, 0.25) is 0 Å². The molecule has 6 heterocycles. The average molecular weight is 1610 g/mol. The fraction of sp³-hybridized carbons (Fsp3) is 0.782. The summed E-state index contributed by atoms with van der Waals surface area (Å²) in [6.07, 6.45) is 21.2. The molecule has 0 bridgehead atoms. The Morgan fingerprint density at radius 3 is 1.27 bits per heavy atom. The molecule has 27 heteroatoms. The first-order valence-electron chi connectivity index (χ1n) is 38.3. The third kappa shape index (κ3) is 25.0. The van der Waals surface area contributed by atoms with Crippen molar-refractivity contribution in [2.24, 2.45) is 0 Å². The molecule has 105 heavy (non-hydrogen) atoms. The largest absolute Gasteiger partial charge is 0.453 e. The summed E-state index contributed by atoms with van der Waals surface area (Å²) < 4.78 is 74.4. The van der Waals surface area contributed by atoms with Gasteiger partial charge in [-0.2, -0.15) is 0 Å². The van der Waals surface area contributed by atoms with E-state index in [0.29, 0.717) is 163 Å². The van der Waals surface area contributed by atoms with Crippen LogP contribution in [0.25, 0.3) is 0 Å². The Hall–Kier alpha value is -3.05. The number of benzene rings is 2. The SMILES string of the molecule is C=CCC1(O)CCCC2(C1)OCCO2.COC(=O)N(CCC1(O)CCCC2(C1)OCCO2)[C@@H](C)c1ccc(Br)cc1.C[C@H](NCCC1(O)CCCC2(C1)OCCO2)c1ccc(Br)cc1.O=C1CCCC2(C1)OCCO2.O=CCC1(O)CCCC2(C1)OCCO2.OCC(O)CC1(O)CCCC2(C1)OCCO2. The van der Waals surface area contributed by atoms with Gasteiger partial charge in [0.1, 0.15) is 12.1 Å². The van der Waals surface area contributed by atoms with E-state index in [1.807, 2.05) is 31.2 Å². The molecule has 6 unspecified atom stereocenters. The second kappa shape index (κ2) is 38.9. The molecule has 2 aromatic rings. The number of nitrogens with one attached hydrogen (secondary N) is 1. The summed E-state index contributed by atoms with van der Waals surface area (Å²) in [5, 5.41) is 74.5. The zero-order valence-electron chi connectivity index (χ0n) is 62.2. The Kier molecular flexibility index (Phi) is 31.9. The lowest BCUT2D eigenvalue weighted by molar-refractivity contribution is -0.223. The molecule has 8 N–H and O–H groups in total. The molecular formula is C78H120Br2N2O23. The fourth-order valence-electron chi connectivity index (χ4n) is 17.4. The van der Waals surface area contributed by atoms with Gasteiger partial charge in [0, 0.05) is 111 Å². The standard InChI is InChI=1S/C20H28BrNO5.C18H26BrNO3.C11H20O5.C11H18O3.C10H16O4.C8H12O3/c1-15(16-4-6-17(21)7-5-16)22(18(23)25-2)11-10-19(24)8-3-9-20(14-19)26-12-13-27-20;1-14(15-3-5-16(19)6-4-15)20-10-9-17(21)7-2-8-18(13-17)22-11-12-23-18;12-7-9(13)6-10(14)2-1-3-11(8-10)15-4-5-16-11;1-2-4-10(12)5-3-6-11(9-10)13-7-8-14-11;11-5-4-9(12)2-1-3-10(8-9)13-6-7-14-10;9-7-2-1-3-8(6-7)10-4-5-11-8/h4-7,15,24H,3,8-14H2,1-2H3;3-6,14,20-21H,2,7-13H2,1H3;9,12-14H,1-8H2;2,12H,1,3-9H2;5,12H,1-4,6-8H2;1-6H2/t15-,19?;14-,17?;;;;/m00..../s1. The smallest absolute Gasteiger partial charge is 0.409 e. The maximum absolute atomic E-state index is 12.4. The van der Waals surface area contributed by atoms with Crippen molar-refractivity contribution in [3.05, 3.63) is 81.3 Å². The highest BCUT2D eigenvalue weighted by atomic mass is 79.9. The molecule has 14 rings (SSSR count). The maximum atomic E-state index is 12.4. The highest BCUT2D eigenvalue weighted by molar-refractivity contribution is 9.10. The number of amides is 1. The van der Waals surface area contributed by atoms with Crippen molar-refractivity contribution >= 4 is 50.0 Å². The summed E-state index contributed by atoms with van der Waals surface area (Å²) in [6, 6.07) is 16.3. The molecule has 0 radical (unpaired) electrons. The van der Waals surface area contributed by atoms with Crippen LogP contribution in [-0.4, -0.2) is 234 Å². The zero-order chi connectivity index (χ0) is 75.4. The molecule has 594 valence electrons. The number of halogens is 2. The zero-order valence-corrected chi connectivity index (χ0v) is 65.4. The van der Waals surface area contributed by atoms with Crippen molar-refractivity contribution in [3.8, 4) is 0 Å². The van der Waals surface area contributed by atoms with Gasteiger partial charge in [0.25, 0.3) is 0 Å². The Balaban J connectivity index is 0.000000150. The summed E-state index contributed by atoms with van der Waals surface area (Å²) >= 11 is 6.89. The number of carbonyl (C=O) groups excluding carboxylic acids is 3. The molecule has 6 aliphatic heterocycles. The van der Waals surface area contributed by atoms with E-state index in [4.69, 9.17) is 66.7 Å². The van der Waals surface area contributed by atoms with Crippen molar-refractivity contribution in [1.29, 1.82) is 0 Å². The summed E-state index contributed by atoms with van der Waals surface area (Å²) in [5.74, 6) is -3.15. The second-order valence-electron chi connectivity index (χ2n) is 31.0. The lowest BCUT2D eigenvalue weighted by Crippen LogP contribution is -2.48. The number of Topliss-reactive ketones (excluding diaryl/α,β-unsaturated/α-hetero) is 1. The highest BCUT2D eigenvalue weighted by Crippen LogP contribution is 2.48. The van der Waals surface area contributed by atoms with E-state index in [2.05, 4.69) is 74.9 Å². The number of methoxy groups -OCH3 is 1. The Bertz CT molecular complexity index is 2940. The molecule has 12 aliphatic rings. The van der Waals surface area contributed by atoms with Crippen LogP contribution in [0.15, 0.2) is 70.1 Å². The number of ether oxygens (including phenoxy) is 13. The molecule has 25 nitrogen and oxygen atoms in total. The van der Waals surface area contributed by atoms with Crippen LogP contribution < -0.4 is 5.32 Å². The first-order chi connectivity index (χ1) is 50.1. The van der Waals surface area contributed by atoms with Crippen LogP contribution in [0, 0.1) is 0 Å². The Morgan fingerprint density at radius 1 is 0.524 bits per heavy atom. The minimum absolute atomic E-state index is 0.161. The molecular weight excluding hydrogens is 1490 g/mol. The quantitative estimate of drug-likeness (QED) is 0.0539. The third-order valence-electron chi connectivity index (χ3n) is 22.6. The number of carbonyl (C=O) groups is 3. The third-order valence-corrected chi connectivity index (χ3v) is 23.7. The van der Waals surface area contributed by atoms with Crippen LogP contribution in [-0.2, 0) is 71.2 Å². The topological polar surface area (TPSA) is 328 Å². The van der Waals surface area contributed by atoms with E-state index in [9.17, 15) is 45.0 Å². The first kappa shape index (κ1) is 85.9. The van der Waals surface area contributed by atoms with Gasteiger partial charge in [-0.25, -0.2) is 4.79 Å². The van der Waals surface area contributed by atoms with E-state index < -0.39 is 74.9 Å². The van der Waals surface area contributed by atoms with Gasteiger partial charge < -0.3 is 112 Å². The number of ketones is 1. The van der Waals surface area contributed by atoms with Crippen molar-refractivity contribution in [3.63, 3.8) is 0 Å². The van der Waals surface area contributed by atoms with Crippen molar-refractivity contribution in [2.75, 3.05) is 106 Å². The number of hydrogen-bond acceptors (Lipinski definition) is 24. The summed E-state index contributed by atoms with van der Waals surface area (Å²) in [5.41, 5.74) is -1.89. The lowest BCUT2D eigenvalue weighted by Gasteiger charge is -2.42. The van der Waals surface area contributed by atoms with Crippen LogP contribution >= 0.6 is 31.9 Å². The van der Waals surface area contributed by atoms with Gasteiger partial charge in [-0.3, -0.25) is 4.79 Å². The molecule has 12 fully saturated rings. The monoisotopic (exact) mass is 1610 g/mol. The number of nitrogens with zero attached hydrogens (tertiary/aromatic N) is 1. The molecule has 6 spiro atoms. The first-order valence-corrected chi connectivity index (χ1v) is 39.9. The molecule has 1 amide bonds. The second-order valence-corrected chi connectivity index (χ2v) is 32.8. The van der Waals surface area contributed by atoms with Gasteiger partial charge >= 0.3 is 6.09 Å². The lowest BCUT2D eigenvalue weighted by atomic mass is 9.77. The molecule has 6 aliphatic carbocycles. The van der Waals surface area contributed by atoms with Crippen LogP contribution in [0.1, 0.15) is 223 Å². The van der Waals surface area contributed by atoms with Crippen molar-refractivity contribution in [2.45, 2.75) is 281 Å². The predicted octanol–water partition coefficient (Wildman–Crippen LogP) is 10.4. The van der Waals surface area contributed by atoms with Gasteiger partial charge in [-0.15, -0.1) is 6.58 Å². The van der Waals surface area contributed by atoms with Crippen LogP contribution in [0.3, 0.4) is 0 Å². The molecule has 0 aromatic heterocycles. The number of rotatable bonds is 17. The average Bonchev–Trinajstić information content (AvgIpc) is 1.74. The van der Waals surface area contributed by atoms with Gasteiger partial charge in [0.05, 0.1) is 140 Å². The normalized spacial score (nSPS) is 30.8. The number of aldehydes is 1. The van der Waals surface area contributed by atoms with Gasteiger partial charge in [-0.1, -0.05) is 62.2 Å². The van der Waals surface area contributed by atoms with E-state index in [1.54, 1.807) is 11.0 Å². The molecule has 6 saturated carbocycles. The molecule has 2 aromatic carbocycles.